The van der Waals surface area contributed by atoms with E-state index in [1.807, 2.05) is 0 Å². The van der Waals surface area contributed by atoms with Gasteiger partial charge in [-0.2, -0.15) is 0 Å². The number of halogens is 1. The predicted octanol–water partition coefficient (Wildman–Crippen LogP) is 2.09. The monoisotopic (exact) mass is 222 g/mol. The first kappa shape index (κ1) is 10.2. The van der Waals surface area contributed by atoms with Crippen LogP contribution in [0.25, 0.3) is 10.8 Å². The first-order chi connectivity index (χ1) is 7.50. The van der Waals surface area contributed by atoms with Gasteiger partial charge in [-0.25, -0.2) is 9.18 Å². The van der Waals surface area contributed by atoms with Crippen LogP contribution in [-0.4, -0.2) is 21.3 Å². The van der Waals surface area contributed by atoms with Gasteiger partial charge in [0.15, 0.2) is 0 Å². The second-order valence-corrected chi connectivity index (χ2v) is 3.29. The molecule has 0 aliphatic carbocycles. The Morgan fingerprint density at radius 1 is 1.12 bits per heavy atom. The smallest absolute Gasteiger partial charge is 0.339 e. The number of hydrogen-bond acceptors (Lipinski definition) is 3. The third-order valence-electron chi connectivity index (χ3n) is 2.28. The van der Waals surface area contributed by atoms with E-state index in [4.69, 9.17) is 5.11 Å². The molecule has 0 unspecified atom stereocenters. The number of benzene rings is 2. The summed E-state index contributed by atoms with van der Waals surface area (Å²) in [7, 11) is 0. The molecule has 2 rings (SSSR count). The molecule has 0 aliphatic heterocycles. The molecule has 4 nitrogen and oxygen atoms in total. The van der Waals surface area contributed by atoms with Gasteiger partial charge in [0.2, 0.25) is 0 Å². The Hall–Kier alpha value is -2.30. The topological polar surface area (TPSA) is 77.8 Å². The average molecular weight is 222 g/mol. The van der Waals surface area contributed by atoms with Crippen molar-refractivity contribution in [3.8, 4) is 11.5 Å². The summed E-state index contributed by atoms with van der Waals surface area (Å²) in [5, 5.41) is 28.1. The maximum atomic E-state index is 12.9. The van der Waals surface area contributed by atoms with E-state index in [0.717, 1.165) is 18.2 Å². The quantitative estimate of drug-likeness (QED) is 0.645. The van der Waals surface area contributed by atoms with Gasteiger partial charge in [0, 0.05) is 10.8 Å². The highest BCUT2D eigenvalue weighted by Gasteiger charge is 2.16. The highest BCUT2D eigenvalue weighted by molar-refractivity contribution is 6.03. The molecule has 0 radical (unpaired) electrons. The van der Waals surface area contributed by atoms with Crippen LogP contribution >= 0.6 is 0 Å². The Balaban J connectivity index is 2.91. The van der Waals surface area contributed by atoms with Gasteiger partial charge in [0.05, 0.1) is 0 Å². The second-order valence-electron chi connectivity index (χ2n) is 3.29. The summed E-state index contributed by atoms with van der Waals surface area (Å²) in [6.45, 7) is 0. The van der Waals surface area contributed by atoms with Crippen LogP contribution in [-0.2, 0) is 0 Å². The SMILES string of the molecule is O=C(O)c1cc(O)c2ccc(F)cc2c1O. The van der Waals surface area contributed by atoms with Gasteiger partial charge >= 0.3 is 5.97 Å². The van der Waals surface area contributed by atoms with Crippen molar-refractivity contribution < 1.29 is 24.5 Å². The Morgan fingerprint density at radius 2 is 1.81 bits per heavy atom. The number of carboxylic acid groups (broad SMARTS) is 1. The minimum atomic E-state index is -1.39. The molecule has 0 atom stereocenters. The molecule has 0 heterocycles. The molecular weight excluding hydrogens is 215 g/mol. The van der Waals surface area contributed by atoms with Gasteiger partial charge in [0.25, 0.3) is 0 Å². The van der Waals surface area contributed by atoms with Crippen LogP contribution in [0.15, 0.2) is 24.3 Å². The lowest BCUT2D eigenvalue weighted by molar-refractivity contribution is 0.0693. The highest BCUT2D eigenvalue weighted by Crippen LogP contribution is 2.35. The summed E-state index contributed by atoms with van der Waals surface area (Å²) in [6.07, 6.45) is 0. The number of carbonyl (C=O) groups is 1. The fourth-order valence-corrected chi connectivity index (χ4v) is 1.53. The van der Waals surface area contributed by atoms with Crippen LogP contribution in [0.4, 0.5) is 4.39 Å². The van der Waals surface area contributed by atoms with Crippen molar-refractivity contribution in [2.24, 2.45) is 0 Å². The van der Waals surface area contributed by atoms with Crippen molar-refractivity contribution in [2.75, 3.05) is 0 Å². The molecule has 3 N–H and O–H groups in total. The van der Waals surface area contributed by atoms with Crippen molar-refractivity contribution >= 4 is 16.7 Å². The van der Waals surface area contributed by atoms with E-state index in [-0.39, 0.29) is 16.5 Å². The molecule has 2 aromatic rings. The van der Waals surface area contributed by atoms with Crippen molar-refractivity contribution in [3.05, 3.63) is 35.6 Å². The van der Waals surface area contributed by atoms with Gasteiger partial charge in [-0.3, -0.25) is 0 Å². The summed E-state index contributed by atoms with van der Waals surface area (Å²) in [5.74, 6) is -2.88. The van der Waals surface area contributed by atoms with E-state index in [1.54, 1.807) is 0 Å². The van der Waals surface area contributed by atoms with Gasteiger partial charge in [-0.05, 0) is 24.3 Å². The van der Waals surface area contributed by atoms with E-state index < -0.39 is 23.1 Å². The van der Waals surface area contributed by atoms with Crippen LogP contribution < -0.4 is 0 Å². The Kier molecular flexibility index (Phi) is 2.16. The van der Waals surface area contributed by atoms with Crippen LogP contribution in [0.2, 0.25) is 0 Å². The first-order valence-electron chi connectivity index (χ1n) is 4.38. The van der Waals surface area contributed by atoms with E-state index in [0.29, 0.717) is 0 Å². The van der Waals surface area contributed by atoms with Gasteiger partial charge in [0.1, 0.15) is 22.9 Å². The molecular formula is C11H7FO4. The molecule has 0 saturated heterocycles. The van der Waals surface area contributed by atoms with Crippen molar-refractivity contribution in [3.63, 3.8) is 0 Å². The zero-order valence-corrected chi connectivity index (χ0v) is 7.94. The fraction of sp³-hybridized carbons (Fsp3) is 0. The van der Waals surface area contributed by atoms with Crippen LogP contribution in [0, 0.1) is 5.82 Å². The maximum Gasteiger partial charge on any atom is 0.339 e. The summed E-state index contributed by atoms with van der Waals surface area (Å²) in [6, 6.07) is 4.28. The molecule has 0 aromatic heterocycles. The fourth-order valence-electron chi connectivity index (χ4n) is 1.53. The zero-order chi connectivity index (χ0) is 11.9. The van der Waals surface area contributed by atoms with E-state index >= 15 is 0 Å². The molecule has 82 valence electrons. The summed E-state index contributed by atoms with van der Waals surface area (Å²) in [4.78, 5) is 10.7. The molecule has 0 saturated carbocycles. The molecule has 0 bridgehead atoms. The molecule has 2 aromatic carbocycles. The number of phenols is 2. The van der Waals surface area contributed by atoms with Gasteiger partial charge in [-0.15, -0.1) is 0 Å². The zero-order valence-electron chi connectivity index (χ0n) is 7.94. The molecule has 0 fully saturated rings. The lowest BCUT2D eigenvalue weighted by Crippen LogP contribution is -1.97. The molecule has 0 spiro atoms. The molecule has 0 amide bonds. The van der Waals surface area contributed by atoms with E-state index in [1.165, 1.54) is 6.07 Å². The van der Waals surface area contributed by atoms with Crippen LogP contribution in [0.1, 0.15) is 10.4 Å². The van der Waals surface area contributed by atoms with Crippen molar-refractivity contribution in [1.29, 1.82) is 0 Å². The Morgan fingerprint density at radius 3 is 2.44 bits per heavy atom. The number of aromatic hydroxyl groups is 2. The molecule has 5 heteroatoms. The van der Waals surface area contributed by atoms with Crippen LogP contribution in [0.3, 0.4) is 0 Å². The summed E-state index contributed by atoms with van der Waals surface area (Å²) < 4.78 is 12.9. The third-order valence-corrected chi connectivity index (χ3v) is 2.28. The highest BCUT2D eigenvalue weighted by atomic mass is 19.1. The Bertz CT molecular complexity index is 592. The standard InChI is InChI=1S/C11H7FO4/c12-5-1-2-6-7(3-5)10(14)8(11(15)16)4-9(6)13/h1-4,13-14H,(H,15,16). The predicted molar refractivity (Wildman–Crippen MR) is 54.2 cm³/mol. The number of aromatic carboxylic acids is 1. The normalized spacial score (nSPS) is 10.6. The maximum absolute atomic E-state index is 12.9. The lowest BCUT2D eigenvalue weighted by atomic mass is 10.0. The van der Waals surface area contributed by atoms with Crippen molar-refractivity contribution in [1.82, 2.24) is 0 Å². The number of fused-ring (bicyclic) bond motifs is 1. The van der Waals surface area contributed by atoms with Crippen LogP contribution in [0.5, 0.6) is 11.5 Å². The minimum Gasteiger partial charge on any atom is -0.507 e. The largest absolute Gasteiger partial charge is 0.507 e. The minimum absolute atomic E-state index is 0.0302. The second kappa shape index (κ2) is 3.37. The number of carboxylic acids is 1. The average Bonchev–Trinajstić information content (AvgIpc) is 2.22. The molecule has 0 aliphatic rings. The lowest BCUT2D eigenvalue weighted by Gasteiger charge is -2.06. The number of rotatable bonds is 1. The van der Waals surface area contributed by atoms with Gasteiger partial charge < -0.3 is 15.3 Å². The summed E-state index contributed by atoms with van der Waals surface area (Å²) >= 11 is 0. The van der Waals surface area contributed by atoms with Gasteiger partial charge in [-0.1, -0.05) is 0 Å². The first-order valence-corrected chi connectivity index (χ1v) is 4.38. The van der Waals surface area contributed by atoms with E-state index in [9.17, 15) is 19.4 Å². The van der Waals surface area contributed by atoms with E-state index in [2.05, 4.69) is 0 Å². The number of phenolic OH excluding ortho intramolecular Hbond substituents is 1. The van der Waals surface area contributed by atoms with Crippen molar-refractivity contribution in [2.45, 2.75) is 0 Å². The third kappa shape index (κ3) is 1.42. The molecule has 16 heavy (non-hydrogen) atoms. The number of hydrogen-bond donors (Lipinski definition) is 3. The summed E-state index contributed by atoms with van der Waals surface area (Å²) in [5.41, 5.74) is -0.462. The Labute approximate surface area is 89.2 Å².